The summed E-state index contributed by atoms with van der Waals surface area (Å²) >= 11 is 0. The summed E-state index contributed by atoms with van der Waals surface area (Å²) in [6, 6.07) is 13.5. The molecule has 3 rings (SSSR count). The summed E-state index contributed by atoms with van der Waals surface area (Å²) < 4.78 is 5.87. The molecule has 0 unspecified atom stereocenters. The molecule has 1 aliphatic rings. The van der Waals surface area contributed by atoms with Gasteiger partial charge in [-0.05, 0) is 40.8 Å². The zero-order valence-corrected chi connectivity index (χ0v) is 15.3. The van der Waals surface area contributed by atoms with Crippen LogP contribution in [-0.2, 0) is 35.7 Å². The predicted octanol–water partition coefficient (Wildman–Crippen LogP) is 1.01. The quantitative estimate of drug-likeness (QED) is 0.402. The van der Waals surface area contributed by atoms with Gasteiger partial charge in [-0.3, -0.25) is 4.79 Å². The number of carbonyl (C=O) groups is 2. The Kier molecular flexibility index (Phi) is 5.78. The molecule has 0 fully saturated rings. The molecule has 2 aromatic rings. The van der Waals surface area contributed by atoms with Crippen molar-refractivity contribution in [3.63, 3.8) is 0 Å². The number of guanidine groups is 1. The maximum atomic E-state index is 11.6. The Morgan fingerprint density at radius 2 is 1.79 bits per heavy atom. The average Bonchev–Trinajstić information content (AvgIpc) is 2.70. The van der Waals surface area contributed by atoms with Crippen molar-refractivity contribution in [2.45, 2.75) is 26.1 Å². The van der Waals surface area contributed by atoms with Crippen molar-refractivity contribution in [2.24, 2.45) is 16.5 Å². The summed E-state index contributed by atoms with van der Waals surface area (Å²) in [6.07, 6.45) is 0.602. The Hall–Kier alpha value is -3.55. The van der Waals surface area contributed by atoms with E-state index in [-0.39, 0.29) is 5.96 Å². The van der Waals surface area contributed by atoms with Gasteiger partial charge in [-0.1, -0.05) is 30.3 Å². The van der Waals surface area contributed by atoms with Crippen molar-refractivity contribution in [1.29, 1.82) is 0 Å². The number of hydrogen-bond acceptors (Lipinski definition) is 4. The van der Waals surface area contributed by atoms with E-state index in [0.29, 0.717) is 32.7 Å². The van der Waals surface area contributed by atoms with Crippen LogP contribution in [0.25, 0.3) is 0 Å². The average molecular weight is 382 g/mol. The van der Waals surface area contributed by atoms with Crippen LogP contribution in [0.5, 0.6) is 5.75 Å². The lowest BCUT2D eigenvalue weighted by Gasteiger charge is -2.27. The number of amides is 1. The van der Waals surface area contributed by atoms with Crippen molar-refractivity contribution in [1.82, 2.24) is 4.90 Å². The minimum absolute atomic E-state index is 0.0651. The SMILES string of the molecule is NC(N)=NCc1ccc(COc2ccc3c(c2)CCN(C(=O)C(=O)O)C3)cc1. The minimum atomic E-state index is -1.42. The molecule has 0 radical (unpaired) electrons. The van der Waals surface area contributed by atoms with Crippen molar-refractivity contribution in [2.75, 3.05) is 6.54 Å². The van der Waals surface area contributed by atoms with Crippen LogP contribution in [-0.4, -0.2) is 34.4 Å². The van der Waals surface area contributed by atoms with Gasteiger partial charge in [0.25, 0.3) is 0 Å². The Labute approximate surface area is 162 Å². The molecular weight excluding hydrogens is 360 g/mol. The van der Waals surface area contributed by atoms with Gasteiger partial charge in [0.1, 0.15) is 12.4 Å². The number of nitrogens with zero attached hydrogens (tertiary/aromatic N) is 2. The van der Waals surface area contributed by atoms with Gasteiger partial charge in [0.2, 0.25) is 0 Å². The van der Waals surface area contributed by atoms with Crippen LogP contribution in [0.2, 0.25) is 0 Å². The lowest BCUT2D eigenvalue weighted by atomic mass is 9.99. The molecule has 8 heteroatoms. The second-order valence-corrected chi connectivity index (χ2v) is 6.56. The number of carbonyl (C=O) groups excluding carboxylic acids is 1. The van der Waals surface area contributed by atoms with Crippen molar-refractivity contribution < 1.29 is 19.4 Å². The van der Waals surface area contributed by atoms with Crippen LogP contribution in [0.4, 0.5) is 0 Å². The fourth-order valence-electron chi connectivity index (χ4n) is 3.02. The van der Waals surface area contributed by atoms with Gasteiger partial charge in [0, 0.05) is 13.1 Å². The molecule has 0 aliphatic carbocycles. The third kappa shape index (κ3) is 4.79. The molecule has 0 aromatic heterocycles. The monoisotopic (exact) mass is 382 g/mol. The fraction of sp³-hybridized carbons (Fsp3) is 0.250. The lowest BCUT2D eigenvalue weighted by Crippen LogP contribution is -2.39. The topological polar surface area (TPSA) is 131 Å². The summed E-state index contributed by atoms with van der Waals surface area (Å²) in [6.45, 7) is 1.55. The summed E-state index contributed by atoms with van der Waals surface area (Å²) in [5.41, 5.74) is 14.7. The first-order valence-corrected chi connectivity index (χ1v) is 8.82. The highest BCUT2D eigenvalue weighted by Crippen LogP contribution is 2.24. The number of carboxylic acids is 1. The summed E-state index contributed by atoms with van der Waals surface area (Å²) in [7, 11) is 0. The first-order valence-electron chi connectivity index (χ1n) is 8.82. The van der Waals surface area contributed by atoms with Crippen LogP contribution in [0, 0.1) is 0 Å². The van der Waals surface area contributed by atoms with E-state index in [1.165, 1.54) is 4.90 Å². The molecule has 146 valence electrons. The van der Waals surface area contributed by atoms with E-state index >= 15 is 0 Å². The Morgan fingerprint density at radius 1 is 1.07 bits per heavy atom. The van der Waals surface area contributed by atoms with E-state index in [1.807, 2.05) is 42.5 Å². The van der Waals surface area contributed by atoms with E-state index in [2.05, 4.69) is 4.99 Å². The molecule has 0 bridgehead atoms. The predicted molar refractivity (Wildman–Crippen MR) is 103 cm³/mol. The normalized spacial score (nSPS) is 12.8. The van der Waals surface area contributed by atoms with Gasteiger partial charge in [0.15, 0.2) is 5.96 Å². The number of carboxylic acid groups (broad SMARTS) is 1. The van der Waals surface area contributed by atoms with Crippen LogP contribution >= 0.6 is 0 Å². The van der Waals surface area contributed by atoms with Gasteiger partial charge in [-0.25, -0.2) is 9.79 Å². The molecular formula is C20H22N4O4. The second kappa shape index (κ2) is 8.43. The number of ether oxygens (including phenoxy) is 1. The summed E-state index contributed by atoms with van der Waals surface area (Å²) in [5.74, 6) is -1.49. The highest BCUT2D eigenvalue weighted by Gasteiger charge is 2.25. The maximum absolute atomic E-state index is 11.6. The summed E-state index contributed by atoms with van der Waals surface area (Å²) in [5, 5.41) is 8.85. The highest BCUT2D eigenvalue weighted by atomic mass is 16.5. The highest BCUT2D eigenvalue weighted by molar-refractivity contribution is 6.31. The van der Waals surface area contributed by atoms with Gasteiger partial charge in [0.05, 0.1) is 6.54 Å². The van der Waals surface area contributed by atoms with Gasteiger partial charge < -0.3 is 26.2 Å². The van der Waals surface area contributed by atoms with E-state index in [1.54, 1.807) is 0 Å². The molecule has 0 atom stereocenters. The minimum Gasteiger partial charge on any atom is -0.489 e. The first-order chi connectivity index (χ1) is 13.4. The number of fused-ring (bicyclic) bond motifs is 1. The van der Waals surface area contributed by atoms with Crippen LogP contribution in [0.1, 0.15) is 22.3 Å². The first kappa shape index (κ1) is 19.2. The second-order valence-electron chi connectivity index (χ2n) is 6.56. The molecule has 0 saturated carbocycles. The molecule has 0 spiro atoms. The number of aliphatic carboxylic acids is 1. The fourth-order valence-corrected chi connectivity index (χ4v) is 3.02. The zero-order chi connectivity index (χ0) is 20.1. The molecule has 1 aliphatic heterocycles. The van der Waals surface area contributed by atoms with Crippen LogP contribution in [0.15, 0.2) is 47.5 Å². The van der Waals surface area contributed by atoms with E-state index in [4.69, 9.17) is 21.3 Å². The van der Waals surface area contributed by atoms with Crippen LogP contribution in [0.3, 0.4) is 0 Å². The van der Waals surface area contributed by atoms with Gasteiger partial charge >= 0.3 is 11.9 Å². The van der Waals surface area contributed by atoms with E-state index < -0.39 is 11.9 Å². The third-order valence-corrected chi connectivity index (χ3v) is 4.53. The Morgan fingerprint density at radius 3 is 2.46 bits per heavy atom. The lowest BCUT2D eigenvalue weighted by molar-refractivity contribution is -0.156. The largest absolute Gasteiger partial charge is 0.489 e. The van der Waals surface area contributed by atoms with E-state index in [0.717, 1.165) is 28.0 Å². The zero-order valence-electron chi connectivity index (χ0n) is 15.3. The molecule has 0 saturated heterocycles. The third-order valence-electron chi connectivity index (χ3n) is 4.53. The van der Waals surface area contributed by atoms with Crippen molar-refractivity contribution in [3.05, 3.63) is 64.7 Å². The van der Waals surface area contributed by atoms with Crippen molar-refractivity contribution in [3.8, 4) is 5.75 Å². The van der Waals surface area contributed by atoms with Gasteiger partial charge in [-0.15, -0.1) is 0 Å². The number of benzene rings is 2. The smallest absolute Gasteiger partial charge is 0.394 e. The molecule has 1 amide bonds. The molecule has 28 heavy (non-hydrogen) atoms. The Bertz CT molecular complexity index is 905. The molecule has 5 N–H and O–H groups in total. The number of rotatable bonds is 5. The summed E-state index contributed by atoms with van der Waals surface area (Å²) in [4.78, 5) is 27.8. The standard InChI is InChI=1S/C20H22N4O4/c21-20(22)23-10-13-1-3-14(4-2-13)12-28-17-6-5-16-11-24(18(25)19(26)27)8-7-15(16)9-17/h1-6,9H,7-8,10-12H2,(H,26,27)(H4,21,22,23). The molecule has 1 heterocycles. The van der Waals surface area contributed by atoms with Crippen LogP contribution < -0.4 is 16.2 Å². The van der Waals surface area contributed by atoms with Crippen molar-refractivity contribution >= 4 is 17.8 Å². The maximum Gasteiger partial charge on any atom is 0.394 e. The number of nitrogens with two attached hydrogens (primary N) is 2. The molecule has 8 nitrogen and oxygen atoms in total. The van der Waals surface area contributed by atoms with Gasteiger partial charge in [-0.2, -0.15) is 0 Å². The van der Waals surface area contributed by atoms with E-state index in [9.17, 15) is 9.59 Å². The molecule has 2 aromatic carbocycles. The Balaban J connectivity index is 1.58. The number of aliphatic imine (C=N–C) groups is 1. The number of hydrogen-bond donors (Lipinski definition) is 3.